The van der Waals surface area contributed by atoms with Crippen LogP contribution in [-0.4, -0.2) is 24.5 Å². The van der Waals surface area contributed by atoms with Crippen LogP contribution < -0.4 is 0 Å². The fraction of sp³-hybridized carbons (Fsp3) is 0.250. The molecule has 0 saturated heterocycles. The normalized spacial score (nSPS) is 11.0. The van der Waals surface area contributed by atoms with Gasteiger partial charge < -0.3 is 0 Å². The van der Waals surface area contributed by atoms with E-state index in [0.29, 0.717) is 23.1 Å². The first-order valence-corrected chi connectivity index (χ1v) is 7.75. The lowest BCUT2D eigenvalue weighted by Gasteiger charge is -2.05. The minimum atomic E-state index is -0.407. The number of halogens is 1. The predicted octanol–water partition coefficient (Wildman–Crippen LogP) is 3.60. The molecular weight excluding hydrogens is 330 g/mol. The third-order valence-corrected chi connectivity index (χ3v) is 4.34. The molecule has 0 amide bonds. The quantitative estimate of drug-likeness (QED) is 0.534. The van der Waals surface area contributed by atoms with Gasteiger partial charge in [-0.3, -0.25) is 14.8 Å². The summed E-state index contributed by atoms with van der Waals surface area (Å²) in [6.07, 6.45) is 0. The van der Waals surface area contributed by atoms with Gasteiger partial charge in [0.15, 0.2) is 0 Å². The molecule has 0 fully saturated rings. The second-order valence-electron chi connectivity index (χ2n) is 5.54. The maximum atomic E-state index is 11.1. The highest BCUT2D eigenvalue weighted by Gasteiger charge is 2.23. The van der Waals surface area contributed by atoms with Crippen LogP contribution in [0.1, 0.15) is 22.6 Å². The molecule has 0 N–H and O–H groups in total. The van der Waals surface area contributed by atoms with Crippen molar-refractivity contribution in [1.82, 2.24) is 19.6 Å². The van der Waals surface area contributed by atoms with Crippen molar-refractivity contribution < 1.29 is 4.92 Å². The third-order valence-electron chi connectivity index (χ3n) is 3.96. The number of para-hydroxylation sites is 1. The molecule has 3 rings (SSSR count). The summed E-state index contributed by atoms with van der Waals surface area (Å²) < 4.78 is 3.25. The molecule has 0 radical (unpaired) electrons. The number of rotatable bonds is 4. The Morgan fingerprint density at radius 2 is 1.79 bits per heavy atom. The summed E-state index contributed by atoms with van der Waals surface area (Å²) in [5.41, 5.74) is 3.35. The standard InChI is InChI=1S/C16H16ClN5O2/c1-10-14(9-20-12(3)15(22(23)24)11(2)18-20)16(17)21(19-10)13-7-5-4-6-8-13/h4-8H,9H2,1-3H3. The van der Waals surface area contributed by atoms with E-state index in [4.69, 9.17) is 11.6 Å². The van der Waals surface area contributed by atoms with E-state index in [1.165, 1.54) is 0 Å². The van der Waals surface area contributed by atoms with Crippen LogP contribution in [0.5, 0.6) is 0 Å². The molecule has 0 saturated carbocycles. The number of nitro groups is 1. The highest BCUT2D eigenvalue weighted by Crippen LogP contribution is 2.27. The molecule has 0 aliphatic carbocycles. The van der Waals surface area contributed by atoms with E-state index >= 15 is 0 Å². The van der Waals surface area contributed by atoms with Gasteiger partial charge in [-0.25, -0.2) is 4.68 Å². The first kappa shape index (κ1) is 16.2. The van der Waals surface area contributed by atoms with Crippen LogP contribution in [0.15, 0.2) is 30.3 Å². The summed E-state index contributed by atoms with van der Waals surface area (Å²) in [6, 6.07) is 9.57. The van der Waals surface area contributed by atoms with Gasteiger partial charge in [-0.15, -0.1) is 0 Å². The smallest absolute Gasteiger partial charge is 0.258 e. The highest BCUT2D eigenvalue weighted by molar-refractivity contribution is 6.30. The third kappa shape index (κ3) is 2.67. The van der Waals surface area contributed by atoms with E-state index in [1.807, 2.05) is 37.3 Å². The first-order chi connectivity index (χ1) is 11.4. The summed E-state index contributed by atoms with van der Waals surface area (Å²) in [6.45, 7) is 5.51. The van der Waals surface area contributed by atoms with E-state index in [2.05, 4.69) is 10.2 Å². The Morgan fingerprint density at radius 3 is 2.38 bits per heavy atom. The van der Waals surface area contributed by atoms with Gasteiger partial charge in [0.1, 0.15) is 16.5 Å². The second-order valence-corrected chi connectivity index (χ2v) is 5.89. The Bertz CT molecular complexity index is 914. The number of hydrogen-bond donors (Lipinski definition) is 0. The molecule has 2 heterocycles. The molecule has 0 bridgehead atoms. The summed E-state index contributed by atoms with van der Waals surface area (Å²) in [7, 11) is 0. The molecule has 0 aliphatic rings. The largest absolute Gasteiger partial charge is 0.312 e. The number of aromatic nitrogens is 4. The Morgan fingerprint density at radius 1 is 1.12 bits per heavy atom. The van der Waals surface area contributed by atoms with Crippen LogP contribution in [0.2, 0.25) is 5.15 Å². The Hall–Kier alpha value is -2.67. The van der Waals surface area contributed by atoms with Crippen LogP contribution >= 0.6 is 11.6 Å². The average molecular weight is 346 g/mol. The van der Waals surface area contributed by atoms with Gasteiger partial charge in [0, 0.05) is 5.56 Å². The molecule has 7 nitrogen and oxygen atoms in total. The summed E-state index contributed by atoms with van der Waals surface area (Å²) in [4.78, 5) is 10.7. The van der Waals surface area contributed by atoms with E-state index in [9.17, 15) is 10.1 Å². The molecule has 24 heavy (non-hydrogen) atoms. The fourth-order valence-corrected chi connectivity index (χ4v) is 3.04. The zero-order valence-electron chi connectivity index (χ0n) is 13.5. The molecule has 8 heteroatoms. The second kappa shape index (κ2) is 6.09. The minimum absolute atomic E-state index is 0.0410. The van der Waals surface area contributed by atoms with Crippen LogP contribution in [0.4, 0.5) is 5.69 Å². The Balaban J connectivity index is 2.02. The van der Waals surface area contributed by atoms with Crippen LogP contribution in [0, 0.1) is 30.9 Å². The topological polar surface area (TPSA) is 78.8 Å². The minimum Gasteiger partial charge on any atom is -0.258 e. The summed E-state index contributed by atoms with van der Waals surface area (Å²) >= 11 is 6.50. The molecule has 0 spiro atoms. The van der Waals surface area contributed by atoms with Gasteiger partial charge >= 0.3 is 5.69 Å². The number of hydrogen-bond acceptors (Lipinski definition) is 4. The van der Waals surface area contributed by atoms with Crippen molar-refractivity contribution in [2.45, 2.75) is 27.3 Å². The monoisotopic (exact) mass is 345 g/mol. The van der Waals surface area contributed by atoms with E-state index < -0.39 is 4.92 Å². The van der Waals surface area contributed by atoms with Crippen LogP contribution in [0.25, 0.3) is 5.69 Å². The molecule has 0 atom stereocenters. The van der Waals surface area contributed by atoms with Crippen LogP contribution in [0.3, 0.4) is 0 Å². The maximum Gasteiger partial charge on any atom is 0.312 e. The van der Waals surface area contributed by atoms with Crippen molar-refractivity contribution in [3.63, 3.8) is 0 Å². The van der Waals surface area contributed by atoms with Crippen molar-refractivity contribution in [2.24, 2.45) is 0 Å². The predicted molar refractivity (Wildman–Crippen MR) is 90.8 cm³/mol. The maximum absolute atomic E-state index is 11.1. The number of aryl methyl sites for hydroxylation is 2. The van der Waals surface area contributed by atoms with E-state index in [-0.39, 0.29) is 5.69 Å². The van der Waals surface area contributed by atoms with Gasteiger partial charge in [0.2, 0.25) is 0 Å². The fourth-order valence-electron chi connectivity index (χ4n) is 2.71. The lowest BCUT2D eigenvalue weighted by Crippen LogP contribution is -2.05. The zero-order valence-corrected chi connectivity index (χ0v) is 14.3. The van der Waals surface area contributed by atoms with Crippen molar-refractivity contribution >= 4 is 17.3 Å². The molecule has 1 aromatic carbocycles. The molecular formula is C16H16ClN5O2. The summed E-state index contributed by atoms with van der Waals surface area (Å²) in [5, 5.41) is 20.4. The van der Waals surface area contributed by atoms with Crippen molar-refractivity contribution in [1.29, 1.82) is 0 Å². The molecule has 0 unspecified atom stereocenters. The lowest BCUT2D eigenvalue weighted by molar-refractivity contribution is -0.386. The number of nitrogens with zero attached hydrogens (tertiary/aromatic N) is 5. The highest BCUT2D eigenvalue weighted by atomic mass is 35.5. The van der Waals surface area contributed by atoms with Gasteiger partial charge in [-0.05, 0) is 32.9 Å². The summed E-state index contributed by atoms with van der Waals surface area (Å²) in [5.74, 6) is 0. The van der Waals surface area contributed by atoms with E-state index in [0.717, 1.165) is 16.9 Å². The van der Waals surface area contributed by atoms with Crippen molar-refractivity contribution in [2.75, 3.05) is 0 Å². The zero-order chi connectivity index (χ0) is 17.4. The SMILES string of the molecule is Cc1nn(-c2ccccc2)c(Cl)c1Cn1nc(C)c([N+](=O)[O-])c1C. The van der Waals surface area contributed by atoms with Crippen molar-refractivity contribution in [3.8, 4) is 5.69 Å². The van der Waals surface area contributed by atoms with Gasteiger partial charge in [-0.2, -0.15) is 10.2 Å². The number of benzene rings is 1. The van der Waals surface area contributed by atoms with Crippen LogP contribution in [-0.2, 0) is 6.54 Å². The Kier molecular flexibility index (Phi) is 4.11. The van der Waals surface area contributed by atoms with Gasteiger partial charge in [0.25, 0.3) is 0 Å². The lowest BCUT2D eigenvalue weighted by atomic mass is 10.2. The van der Waals surface area contributed by atoms with Gasteiger partial charge in [0.05, 0.1) is 22.8 Å². The Labute approximate surface area is 143 Å². The molecule has 124 valence electrons. The molecule has 2 aromatic heterocycles. The van der Waals surface area contributed by atoms with Crippen molar-refractivity contribution in [3.05, 3.63) is 68.2 Å². The first-order valence-electron chi connectivity index (χ1n) is 7.38. The van der Waals surface area contributed by atoms with Gasteiger partial charge in [-0.1, -0.05) is 29.8 Å². The molecule has 0 aliphatic heterocycles. The van der Waals surface area contributed by atoms with E-state index in [1.54, 1.807) is 23.2 Å². The molecule has 3 aromatic rings. The average Bonchev–Trinajstić information content (AvgIpc) is 2.98.